The number of likely N-dealkylation sites (tertiary alicyclic amines) is 1. The van der Waals surface area contributed by atoms with E-state index in [9.17, 15) is 19.5 Å². The van der Waals surface area contributed by atoms with Gasteiger partial charge in [-0.3, -0.25) is 29.0 Å². The van der Waals surface area contributed by atoms with Crippen molar-refractivity contribution in [1.29, 1.82) is 0 Å². The topological polar surface area (TPSA) is 205 Å². The first-order chi connectivity index (χ1) is 35.1. The van der Waals surface area contributed by atoms with E-state index in [1.807, 2.05) is 99.3 Å². The van der Waals surface area contributed by atoms with Crippen molar-refractivity contribution in [2.24, 2.45) is 21.9 Å². The van der Waals surface area contributed by atoms with E-state index in [0.29, 0.717) is 29.6 Å². The molecule has 0 radical (unpaired) electrons. The number of hydrazone groups is 1. The molecule has 6 atom stereocenters. The predicted octanol–water partition coefficient (Wildman–Crippen LogP) is 7.63. The smallest absolute Gasteiger partial charge is 0.316 e. The molecule has 1 unspecified atom stereocenters. The van der Waals surface area contributed by atoms with Crippen LogP contribution in [0.1, 0.15) is 115 Å². The van der Waals surface area contributed by atoms with E-state index in [2.05, 4.69) is 44.6 Å². The van der Waals surface area contributed by atoms with Crippen molar-refractivity contribution in [2.45, 2.75) is 116 Å². The number of aliphatic hydroxyl groups excluding tert-OH is 1. The van der Waals surface area contributed by atoms with Crippen molar-refractivity contribution < 1.29 is 24.2 Å². The van der Waals surface area contributed by atoms with Crippen molar-refractivity contribution in [1.82, 2.24) is 50.3 Å². The number of aryl methyl sites for hydroxylation is 3. The van der Waals surface area contributed by atoms with Gasteiger partial charge in [-0.15, -0.1) is 32.9 Å². The number of aliphatic hydroxyl groups is 1. The second-order valence-electron chi connectivity index (χ2n) is 20.0. The Morgan fingerprint density at radius 2 is 1.68 bits per heavy atom. The lowest BCUT2D eigenvalue weighted by molar-refractivity contribution is -0.144. The van der Waals surface area contributed by atoms with E-state index in [1.165, 1.54) is 9.78 Å². The Kier molecular flexibility index (Phi) is 14.3. The second kappa shape index (κ2) is 20.8. The Labute approximate surface area is 437 Å². The van der Waals surface area contributed by atoms with Gasteiger partial charge in [0.2, 0.25) is 17.7 Å². The number of thiazole rings is 1. The first kappa shape index (κ1) is 50.1. The molecule has 2 aromatic carbocycles. The number of hydrogen-bond donors (Lipinski definition) is 3. The molecular weight excluding hydrogens is 984 g/mol. The second-order valence-corrected chi connectivity index (χ2v) is 22.4. The summed E-state index contributed by atoms with van der Waals surface area (Å²) in [6.07, 6.45) is 4.22. The fraction of sp³-hybridized carbons (Fsp3) is 0.434. The van der Waals surface area contributed by atoms with Gasteiger partial charge in [0.15, 0.2) is 5.82 Å². The minimum Gasteiger partial charge on any atom is -0.460 e. The number of halogens is 1. The first-order valence-corrected chi connectivity index (χ1v) is 26.9. The van der Waals surface area contributed by atoms with Crippen LogP contribution in [-0.4, -0.2) is 118 Å². The van der Waals surface area contributed by atoms with E-state index < -0.39 is 24.2 Å². The normalized spacial score (nSPS) is 22.0. The highest BCUT2D eigenvalue weighted by Crippen LogP contribution is 2.40. The molecule has 1 saturated heterocycles. The van der Waals surface area contributed by atoms with Crippen LogP contribution in [0.5, 0.6) is 6.01 Å². The zero-order valence-corrected chi connectivity index (χ0v) is 44.2. The molecule has 0 bridgehead atoms. The van der Waals surface area contributed by atoms with Crippen LogP contribution < -0.4 is 15.4 Å². The number of benzene rings is 2. The highest BCUT2D eigenvalue weighted by molar-refractivity contribution is 7.15. The van der Waals surface area contributed by atoms with Crippen molar-refractivity contribution in [2.75, 3.05) is 19.6 Å². The lowest BCUT2D eigenvalue weighted by atomic mass is 9.82. The highest BCUT2D eigenvalue weighted by Gasteiger charge is 2.45. The Balaban J connectivity index is 0.722. The number of amides is 3. The number of nitrogens with one attached hydrogen (secondary N) is 2. The van der Waals surface area contributed by atoms with E-state index in [4.69, 9.17) is 31.4 Å². The minimum atomic E-state index is -0.829. The Morgan fingerprint density at radius 3 is 2.41 bits per heavy atom. The summed E-state index contributed by atoms with van der Waals surface area (Å²) >= 11 is 9.54. The number of nitrogens with zero attached hydrogens (tertiary/aromatic N) is 10. The highest BCUT2D eigenvalue weighted by atomic mass is 35.5. The lowest BCUT2D eigenvalue weighted by Crippen LogP contribution is -2.54. The average molecular weight is 1040 g/mol. The summed E-state index contributed by atoms with van der Waals surface area (Å²) in [7, 11) is 0. The van der Waals surface area contributed by atoms with Crippen molar-refractivity contribution in [3.05, 3.63) is 121 Å². The molecule has 3 amide bonds. The van der Waals surface area contributed by atoms with Crippen LogP contribution in [0, 0.1) is 39.5 Å². The summed E-state index contributed by atoms with van der Waals surface area (Å²) in [6.45, 7) is 14.9. The number of rotatable bonds is 15. The first-order valence-electron chi connectivity index (χ1n) is 24.8. The summed E-state index contributed by atoms with van der Waals surface area (Å²) in [5, 5.41) is 34.1. The maximum atomic E-state index is 14.4. The molecule has 4 aromatic heterocycles. The third kappa shape index (κ3) is 10.3. The zero-order chi connectivity index (χ0) is 51.2. The molecule has 0 spiro atoms. The molecule has 10 rings (SSSR count). The SMILES string of the molecule is Cc1ncsc1-c1ccc([C@H](C)NC(=O)[C@@H]2C[C@@H](O)CN2C(=O)[C@H](C(C)C)N2CC(c3ccnc(OC4CC(CNC(=O)C[C@@H]5N=C(c6ccc(Cl)cc6)c6c(sc(C)c6C)-n6c(C)nnc65)C4)n3)C=N2)cc1. The summed E-state index contributed by atoms with van der Waals surface area (Å²) < 4.78 is 8.29. The molecule has 3 aliphatic heterocycles. The van der Waals surface area contributed by atoms with Gasteiger partial charge in [-0.05, 0) is 94.2 Å². The van der Waals surface area contributed by atoms with Gasteiger partial charge in [-0.1, -0.05) is 61.8 Å². The van der Waals surface area contributed by atoms with Crippen LogP contribution >= 0.6 is 34.3 Å². The van der Waals surface area contributed by atoms with Crippen LogP contribution in [-0.2, 0) is 14.4 Å². The monoisotopic (exact) mass is 1040 g/mol. The van der Waals surface area contributed by atoms with Crippen LogP contribution in [0.4, 0.5) is 0 Å². The number of thiophene rings is 1. The third-order valence-corrected chi connectivity index (χ3v) is 16.9. The summed E-state index contributed by atoms with van der Waals surface area (Å²) in [5.74, 6) is 0.495. The quantitative estimate of drug-likeness (QED) is 0.0912. The van der Waals surface area contributed by atoms with Gasteiger partial charge in [0.1, 0.15) is 35.1 Å². The van der Waals surface area contributed by atoms with E-state index in [-0.39, 0.29) is 73.0 Å². The summed E-state index contributed by atoms with van der Waals surface area (Å²) in [6, 6.07) is 15.4. The van der Waals surface area contributed by atoms with Crippen molar-refractivity contribution in [3.8, 4) is 21.5 Å². The summed E-state index contributed by atoms with van der Waals surface area (Å²) in [4.78, 5) is 64.5. The Hall–Kier alpha value is -6.41. The largest absolute Gasteiger partial charge is 0.460 e. The van der Waals surface area contributed by atoms with Gasteiger partial charge < -0.3 is 25.4 Å². The van der Waals surface area contributed by atoms with Crippen LogP contribution in [0.25, 0.3) is 15.4 Å². The number of carbonyl (C=O) groups is 3. The van der Waals surface area contributed by atoms with Gasteiger partial charge in [0.25, 0.3) is 0 Å². The van der Waals surface area contributed by atoms with Gasteiger partial charge in [-0.2, -0.15) is 10.1 Å². The number of hydrogen-bond acceptors (Lipinski definition) is 15. The van der Waals surface area contributed by atoms with Crippen LogP contribution in [0.2, 0.25) is 5.02 Å². The molecule has 1 saturated carbocycles. The molecule has 6 aromatic rings. The molecule has 380 valence electrons. The molecule has 1 aliphatic carbocycles. The Bertz CT molecular complexity index is 3090. The van der Waals surface area contributed by atoms with Gasteiger partial charge in [0, 0.05) is 52.9 Å². The van der Waals surface area contributed by atoms with Crippen molar-refractivity contribution in [3.63, 3.8) is 0 Å². The number of ether oxygens (including phenoxy) is 1. The lowest BCUT2D eigenvalue weighted by Gasteiger charge is -2.35. The maximum absolute atomic E-state index is 14.4. The number of fused-ring (bicyclic) bond motifs is 3. The van der Waals surface area contributed by atoms with Gasteiger partial charge >= 0.3 is 6.01 Å². The molecule has 7 heterocycles. The van der Waals surface area contributed by atoms with E-state index >= 15 is 0 Å². The maximum Gasteiger partial charge on any atom is 0.316 e. The fourth-order valence-corrected chi connectivity index (χ4v) is 12.4. The van der Waals surface area contributed by atoms with E-state index in [1.54, 1.807) is 40.1 Å². The number of aromatic nitrogens is 6. The minimum absolute atomic E-state index is 0.0580. The molecule has 3 N–H and O–H groups in total. The van der Waals surface area contributed by atoms with Crippen LogP contribution in [0.3, 0.4) is 0 Å². The van der Waals surface area contributed by atoms with Gasteiger partial charge in [-0.25, -0.2) is 9.97 Å². The number of β-amino-alcohol motifs (C(OH)–C–C–N with tert-alkyl or cyclic N) is 1. The molecule has 2 fully saturated rings. The van der Waals surface area contributed by atoms with E-state index in [0.717, 1.165) is 67.8 Å². The zero-order valence-electron chi connectivity index (χ0n) is 41.8. The standard InChI is InChI=1S/C53H59ClN12O5S2/c1-27(2)47(51(70)64-25-39(67)20-43(64)50(69)59-29(4)34-8-10-36(11-9-34)48-30(5)57-26-72-48)65-24-37(23-58-65)41-16-17-55-53(61-41)71-40-18-33(19-40)22-56-44(68)21-42-49-63-62-32(7)66(49)52-45(28(3)31(6)73-52)46(60-42)35-12-14-38(54)15-13-35/h8-17,23,26-27,29,33,37,39-40,42-43,47,67H,18-22,24-25H2,1-7H3,(H,56,68)(H,59,69)/t29-,33?,37?,39+,40?,42-,43-,47-/m0/s1. The van der Waals surface area contributed by atoms with Crippen molar-refractivity contribution >= 4 is 63.9 Å². The molecular formula is C53H59ClN12O5S2. The predicted molar refractivity (Wildman–Crippen MR) is 282 cm³/mol. The van der Waals surface area contributed by atoms with Crippen LogP contribution in [0.15, 0.2) is 76.4 Å². The average Bonchev–Trinajstić information content (AvgIpc) is 4.21. The molecule has 20 heteroatoms. The number of aliphatic imine (C=N–C) groups is 1. The number of carbonyl (C=O) groups excluding carboxylic acids is 3. The fourth-order valence-electron chi connectivity index (χ4n) is 10.3. The van der Waals surface area contributed by atoms with Gasteiger partial charge in [0.05, 0.1) is 58.5 Å². The third-order valence-electron chi connectivity index (χ3n) is 14.4. The molecule has 73 heavy (non-hydrogen) atoms. The molecule has 17 nitrogen and oxygen atoms in total. The molecule has 4 aliphatic rings. The Morgan fingerprint density at radius 1 is 0.932 bits per heavy atom. The summed E-state index contributed by atoms with van der Waals surface area (Å²) in [5.41, 5.74) is 9.37.